The molecule has 1 aromatic carbocycles. The SMILES string of the molecule is CCCNC(=O)CN(C)c1ccc(CNC)c(C)c1. The van der Waals surface area contributed by atoms with Crippen molar-refractivity contribution in [2.24, 2.45) is 0 Å². The summed E-state index contributed by atoms with van der Waals surface area (Å²) in [5.41, 5.74) is 3.60. The highest BCUT2D eigenvalue weighted by atomic mass is 16.2. The molecule has 1 rings (SSSR count). The zero-order valence-electron chi connectivity index (χ0n) is 12.4. The lowest BCUT2D eigenvalue weighted by Crippen LogP contribution is -2.35. The van der Waals surface area contributed by atoms with E-state index in [1.807, 2.05) is 25.9 Å². The number of nitrogens with zero attached hydrogens (tertiary/aromatic N) is 1. The van der Waals surface area contributed by atoms with Crippen molar-refractivity contribution in [1.29, 1.82) is 0 Å². The van der Waals surface area contributed by atoms with Gasteiger partial charge in [-0.2, -0.15) is 0 Å². The first-order valence-electron chi connectivity index (χ1n) is 6.80. The minimum Gasteiger partial charge on any atom is -0.365 e. The highest BCUT2D eigenvalue weighted by molar-refractivity contribution is 5.81. The molecule has 19 heavy (non-hydrogen) atoms. The van der Waals surface area contributed by atoms with Crippen LogP contribution in [0.1, 0.15) is 24.5 Å². The fourth-order valence-corrected chi connectivity index (χ4v) is 1.93. The van der Waals surface area contributed by atoms with Gasteiger partial charge < -0.3 is 15.5 Å². The van der Waals surface area contributed by atoms with Crippen molar-refractivity contribution >= 4 is 11.6 Å². The number of aryl methyl sites for hydroxylation is 1. The lowest BCUT2D eigenvalue weighted by molar-refractivity contribution is -0.119. The van der Waals surface area contributed by atoms with E-state index >= 15 is 0 Å². The molecule has 0 saturated carbocycles. The lowest BCUT2D eigenvalue weighted by atomic mass is 10.1. The maximum Gasteiger partial charge on any atom is 0.239 e. The highest BCUT2D eigenvalue weighted by Crippen LogP contribution is 2.18. The number of anilines is 1. The molecule has 106 valence electrons. The molecule has 0 radical (unpaired) electrons. The number of hydrogen-bond donors (Lipinski definition) is 2. The largest absolute Gasteiger partial charge is 0.365 e. The highest BCUT2D eigenvalue weighted by Gasteiger charge is 2.08. The summed E-state index contributed by atoms with van der Waals surface area (Å²) in [7, 11) is 3.88. The first kappa shape index (κ1) is 15.5. The molecule has 1 aromatic rings. The zero-order valence-corrected chi connectivity index (χ0v) is 12.4. The minimum atomic E-state index is 0.0707. The molecule has 4 nitrogen and oxygen atoms in total. The van der Waals surface area contributed by atoms with Crippen molar-refractivity contribution in [3.05, 3.63) is 29.3 Å². The Balaban J connectivity index is 2.64. The van der Waals surface area contributed by atoms with Gasteiger partial charge in [-0.15, -0.1) is 0 Å². The number of likely N-dealkylation sites (N-methyl/N-ethyl adjacent to an activating group) is 1. The van der Waals surface area contributed by atoms with Gasteiger partial charge in [0.1, 0.15) is 0 Å². The van der Waals surface area contributed by atoms with Crippen LogP contribution in [0.25, 0.3) is 0 Å². The van der Waals surface area contributed by atoms with E-state index in [1.54, 1.807) is 0 Å². The van der Waals surface area contributed by atoms with Crippen molar-refractivity contribution in [1.82, 2.24) is 10.6 Å². The van der Waals surface area contributed by atoms with E-state index < -0.39 is 0 Å². The molecule has 0 aliphatic heterocycles. The molecule has 0 atom stereocenters. The van der Waals surface area contributed by atoms with Crippen LogP contribution in [-0.2, 0) is 11.3 Å². The molecule has 0 spiro atoms. The minimum absolute atomic E-state index is 0.0707. The van der Waals surface area contributed by atoms with Crippen LogP contribution in [0.4, 0.5) is 5.69 Å². The second kappa shape index (κ2) is 7.79. The average Bonchev–Trinajstić information content (AvgIpc) is 2.38. The van der Waals surface area contributed by atoms with Crippen molar-refractivity contribution in [2.45, 2.75) is 26.8 Å². The number of hydrogen-bond acceptors (Lipinski definition) is 3. The van der Waals surface area contributed by atoms with Gasteiger partial charge in [-0.3, -0.25) is 4.79 Å². The molecule has 0 aliphatic rings. The molecular formula is C15H25N3O. The number of nitrogens with one attached hydrogen (secondary N) is 2. The standard InChI is InChI=1S/C15H25N3O/c1-5-8-17-15(19)11-18(4)14-7-6-13(10-16-3)12(2)9-14/h6-7,9,16H,5,8,10-11H2,1-4H3,(H,17,19). The number of benzene rings is 1. The lowest BCUT2D eigenvalue weighted by Gasteiger charge is -2.20. The smallest absolute Gasteiger partial charge is 0.239 e. The van der Waals surface area contributed by atoms with Crippen LogP contribution in [0.15, 0.2) is 18.2 Å². The molecule has 2 N–H and O–H groups in total. The normalized spacial score (nSPS) is 10.3. The van der Waals surface area contributed by atoms with E-state index in [9.17, 15) is 4.79 Å². The van der Waals surface area contributed by atoms with Gasteiger partial charge in [-0.1, -0.05) is 13.0 Å². The molecule has 0 saturated heterocycles. The summed E-state index contributed by atoms with van der Waals surface area (Å²) >= 11 is 0. The van der Waals surface area contributed by atoms with E-state index in [2.05, 4.69) is 35.8 Å². The number of carbonyl (C=O) groups excluding carboxylic acids is 1. The van der Waals surface area contributed by atoms with Gasteiger partial charge in [-0.25, -0.2) is 0 Å². The van der Waals surface area contributed by atoms with Gasteiger partial charge in [0.15, 0.2) is 0 Å². The maximum absolute atomic E-state index is 11.7. The van der Waals surface area contributed by atoms with Gasteiger partial charge in [-0.05, 0) is 43.7 Å². The maximum atomic E-state index is 11.7. The van der Waals surface area contributed by atoms with Crippen LogP contribution >= 0.6 is 0 Å². The third-order valence-electron chi connectivity index (χ3n) is 3.09. The summed E-state index contributed by atoms with van der Waals surface area (Å²) < 4.78 is 0. The molecule has 0 aliphatic carbocycles. The molecule has 0 fully saturated rings. The molecule has 0 aromatic heterocycles. The Labute approximate surface area is 116 Å². The fraction of sp³-hybridized carbons (Fsp3) is 0.533. The van der Waals surface area contributed by atoms with Gasteiger partial charge in [0, 0.05) is 25.8 Å². The fourth-order valence-electron chi connectivity index (χ4n) is 1.93. The van der Waals surface area contributed by atoms with Crippen LogP contribution in [0.3, 0.4) is 0 Å². The van der Waals surface area contributed by atoms with E-state index in [0.717, 1.165) is 25.2 Å². The van der Waals surface area contributed by atoms with E-state index in [-0.39, 0.29) is 5.91 Å². The summed E-state index contributed by atoms with van der Waals surface area (Å²) in [5, 5.41) is 6.04. The summed E-state index contributed by atoms with van der Waals surface area (Å²) in [5.74, 6) is 0.0707. The van der Waals surface area contributed by atoms with Crippen LogP contribution in [0, 0.1) is 6.92 Å². The topological polar surface area (TPSA) is 44.4 Å². The predicted molar refractivity (Wildman–Crippen MR) is 80.5 cm³/mol. The van der Waals surface area contributed by atoms with Crippen molar-refractivity contribution in [2.75, 3.05) is 32.1 Å². The van der Waals surface area contributed by atoms with Gasteiger partial charge in [0.2, 0.25) is 5.91 Å². The van der Waals surface area contributed by atoms with Gasteiger partial charge >= 0.3 is 0 Å². The van der Waals surface area contributed by atoms with Crippen LogP contribution in [-0.4, -0.2) is 33.1 Å². The van der Waals surface area contributed by atoms with Gasteiger partial charge in [0.25, 0.3) is 0 Å². The van der Waals surface area contributed by atoms with Crippen LogP contribution in [0.5, 0.6) is 0 Å². The Morgan fingerprint density at radius 1 is 1.37 bits per heavy atom. The Kier molecular flexibility index (Phi) is 6.36. The average molecular weight is 263 g/mol. The molecule has 0 heterocycles. The first-order chi connectivity index (χ1) is 9.08. The Bertz CT molecular complexity index is 418. The molecular weight excluding hydrogens is 238 g/mol. The Morgan fingerprint density at radius 3 is 2.68 bits per heavy atom. The molecule has 0 unspecified atom stereocenters. The third kappa shape index (κ3) is 4.91. The van der Waals surface area contributed by atoms with E-state index in [1.165, 1.54) is 11.1 Å². The molecule has 0 bridgehead atoms. The second-order valence-electron chi connectivity index (χ2n) is 4.85. The predicted octanol–water partition coefficient (Wildman–Crippen LogP) is 1.68. The number of carbonyl (C=O) groups is 1. The second-order valence-corrected chi connectivity index (χ2v) is 4.85. The van der Waals surface area contributed by atoms with E-state index in [0.29, 0.717) is 6.54 Å². The Hall–Kier alpha value is -1.55. The van der Waals surface area contributed by atoms with Crippen molar-refractivity contribution in [3.8, 4) is 0 Å². The summed E-state index contributed by atoms with van der Waals surface area (Å²) in [6.07, 6.45) is 0.966. The third-order valence-corrected chi connectivity index (χ3v) is 3.09. The molecule has 4 heteroatoms. The summed E-state index contributed by atoms with van der Waals surface area (Å²) in [6.45, 7) is 6.15. The van der Waals surface area contributed by atoms with Crippen molar-refractivity contribution in [3.63, 3.8) is 0 Å². The zero-order chi connectivity index (χ0) is 14.3. The monoisotopic (exact) mass is 263 g/mol. The van der Waals surface area contributed by atoms with Crippen LogP contribution in [0.2, 0.25) is 0 Å². The molecule has 1 amide bonds. The number of rotatable bonds is 7. The Morgan fingerprint density at radius 2 is 2.11 bits per heavy atom. The van der Waals surface area contributed by atoms with E-state index in [4.69, 9.17) is 0 Å². The summed E-state index contributed by atoms with van der Waals surface area (Å²) in [6, 6.07) is 6.30. The quantitative estimate of drug-likeness (QED) is 0.786. The van der Waals surface area contributed by atoms with Crippen molar-refractivity contribution < 1.29 is 4.79 Å². The summed E-state index contributed by atoms with van der Waals surface area (Å²) in [4.78, 5) is 13.7. The van der Waals surface area contributed by atoms with Crippen LogP contribution < -0.4 is 15.5 Å². The number of amides is 1. The van der Waals surface area contributed by atoms with Gasteiger partial charge in [0.05, 0.1) is 6.54 Å². The first-order valence-corrected chi connectivity index (χ1v) is 6.80.